The number of piperidine rings is 1. The zero-order valence-corrected chi connectivity index (χ0v) is 16.6. The van der Waals surface area contributed by atoms with Crippen molar-refractivity contribution in [2.75, 3.05) is 18.0 Å². The van der Waals surface area contributed by atoms with Gasteiger partial charge in [0.05, 0.1) is 6.04 Å². The van der Waals surface area contributed by atoms with Crippen molar-refractivity contribution in [1.82, 2.24) is 5.32 Å². The molecule has 0 bridgehead atoms. The lowest BCUT2D eigenvalue weighted by Gasteiger charge is -2.24. The lowest BCUT2D eigenvalue weighted by molar-refractivity contribution is -0.122. The first kappa shape index (κ1) is 19.8. The summed E-state index contributed by atoms with van der Waals surface area (Å²) in [5.41, 5.74) is 2.26. The fraction of sp³-hybridized carbons (Fsp3) is 0.565. The Hall–Kier alpha value is -1.94. The van der Waals surface area contributed by atoms with Crippen molar-refractivity contribution < 1.29 is 9.59 Å². The molecule has 2 aliphatic rings. The van der Waals surface area contributed by atoms with Crippen LogP contribution in [0.15, 0.2) is 36.4 Å². The van der Waals surface area contributed by atoms with E-state index >= 15 is 0 Å². The first-order valence-electron chi connectivity index (χ1n) is 10.4. The van der Waals surface area contributed by atoms with Crippen molar-refractivity contribution >= 4 is 17.4 Å². The summed E-state index contributed by atoms with van der Waals surface area (Å²) >= 11 is 0. The van der Waals surface area contributed by atoms with Crippen molar-refractivity contribution in [1.29, 1.82) is 0 Å². The Labute approximate surface area is 163 Å². The molecule has 2 atom stereocenters. The van der Waals surface area contributed by atoms with Crippen LogP contribution in [0.25, 0.3) is 0 Å². The standard InChI is InChI=1S/C23H32N2O2/c1-17(2)15-18(16-22(26)20-8-5-6-13-24-20)10-11-23(27)25-14-12-19-7-3-4-9-21(19)25/h3-4,7,9-11,17-18,20,24H,5-6,8,12-16H2,1-2H3/b11-10+/t18-,20+/m1/s1. The number of nitrogens with zero attached hydrogens (tertiary/aromatic N) is 1. The summed E-state index contributed by atoms with van der Waals surface area (Å²) < 4.78 is 0. The molecule has 0 spiro atoms. The van der Waals surface area contributed by atoms with Gasteiger partial charge in [-0.1, -0.05) is 44.5 Å². The zero-order valence-electron chi connectivity index (χ0n) is 16.6. The number of ketones is 1. The highest BCUT2D eigenvalue weighted by atomic mass is 16.2. The average Bonchev–Trinajstić information content (AvgIpc) is 3.10. The van der Waals surface area contributed by atoms with Gasteiger partial charge in [-0.3, -0.25) is 9.59 Å². The molecule has 146 valence electrons. The van der Waals surface area contributed by atoms with Gasteiger partial charge in [0.25, 0.3) is 5.91 Å². The second kappa shape index (κ2) is 9.32. The van der Waals surface area contributed by atoms with Gasteiger partial charge < -0.3 is 10.2 Å². The molecule has 1 fully saturated rings. The number of benzene rings is 1. The zero-order chi connectivity index (χ0) is 19.2. The number of Topliss-reactive ketones (excluding diaryl/α,β-unsaturated/α-hetero) is 1. The van der Waals surface area contributed by atoms with E-state index in [1.165, 1.54) is 5.56 Å². The van der Waals surface area contributed by atoms with Gasteiger partial charge in [0, 0.05) is 18.7 Å². The number of rotatable bonds is 7. The molecule has 3 rings (SSSR count). The van der Waals surface area contributed by atoms with E-state index < -0.39 is 0 Å². The number of allylic oxidation sites excluding steroid dienone is 1. The molecule has 2 aliphatic heterocycles. The highest BCUT2D eigenvalue weighted by Gasteiger charge is 2.25. The van der Waals surface area contributed by atoms with Crippen LogP contribution in [-0.4, -0.2) is 30.8 Å². The minimum atomic E-state index is 0.00275. The maximum absolute atomic E-state index is 12.7. The molecule has 0 aromatic heterocycles. The smallest absolute Gasteiger partial charge is 0.250 e. The Kier molecular flexibility index (Phi) is 6.84. The number of amides is 1. The van der Waals surface area contributed by atoms with Crippen LogP contribution in [-0.2, 0) is 16.0 Å². The number of anilines is 1. The SMILES string of the molecule is CC(C)C[C@@H](/C=C/C(=O)N1CCc2ccccc21)CC(=O)[C@@H]1CCCCN1. The van der Waals surface area contributed by atoms with Crippen molar-refractivity contribution in [3.8, 4) is 0 Å². The van der Waals surface area contributed by atoms with Crippen molar-refractivity contribution in [2.24, 2.45) is 11.8 Å². The Balaban J connectivity index is 1.63. The van der Waals surface area contributed by atoms with Crippen LogP contribution >= 0.6 is 0 Å². The molecular weight excluding hydrogens is 336 g/mol. The van der Waals surface area contributed by atoms with Crippen LogP contribution in [0, 0.1) is 11.8 Å². The van der Waals surface area contributed by atoms with Crippen LogP contribution < -0.4 is 10.2 Å². The summed E-state index contributed by atoms with van der Waals surface area (Å²) in [6.07, 6.45) is 9.26. The van der Waals surface area contributed by atoms with Gasteiger partial charge in [-0.05, 0) is 61.8 Å². The first-order valence-corrected chi connectivity index (χ1v) is 10.4. The Bertz CT molecular complexity index is 689. The van der Waals surface area contributed by atoms with E-state index in [9.17, 15) is 9.59 Å². The van der Waals surface area contributed by atoms with Crippen molar-refractivity contribution in [3.05, 3.63) is 42.0 Å². The molecule has 0 radical (unpaired) electrons. The van der Waals surface area contributed by atoms with Crippen LogP contribution in [0.3, 0.4) is 0 Å². The molecule has 1 N–H and O–H groups in total. The van der Waals surface area contributed by atoms with Gasteiger partial charge in [-0.15, -0.1) is 0 Å². The maximum Gasteiger partial charge on any atom is 0.250 e. The molecular formula is C23H32N2O2. The molecule has 2 heterocycles. The molecule has 0 saturated carbocycles. The molecule has 0 aliphatic carbocycles. The van der Waals surface area contributed by atoms with Crippen LogP contribution in [0.1, 0.15) is 51.5 Å². The third kappa shape index (κ3) is 5.29. The molecule has 0 unspecified atom stereocenters. The highest BCUT2D eigenvalue weighted by molar-refractivity contribution is 6.02. The molecule has 1 amide bonds. The number of hydrogen-bond donors (Lipinski definition) is 1. The van der Waals surface area contributed by atoms with E-state index in [2.05, 4.69) is 25.2 Å². The quantitative estimate of drug-likeness (QED) is 0.743. The van der Waals surface area contributed by atoms with Gasteiger partial charge in [0.1, 0.15) is 5.78 Å². The van der Waals surface area contributed by atoms with E-state index in [0.717, 1.165) is 50.9 Å². The van der Waals surface area contributed by atoms with Gasteiger partial charge in [0.15, 0.2) is 0 Å². The van der Waals surface area contributed by atoms with Crippen molar-refractivity contribution in [3.63, 3.8) is 0 Å². The molecule has 1 saturated heterocycles. The fourth-order valence-corrected chi connectivity index (χ4v) is 4.24. The largest absolute Gasteiger partial charge is 0.308 e. The number of fused-ring (bicyclic) bond motifs is 1. The number of nitrogens with one attached hydrogen (secondary N) is 1. The number of carbonyl (C=O) groups excluding carboxylic acids is 2. The van der Waals surface area contributed by atoms with E-state index in [1.54, 1.807) is 6.08 Å². The van der Waals surface area contributed by atoms with E-state index in [-0.39, 0.29) is 17.9 Å². The highest BCUT2D eigenvalue weighted by Crippen LogP contribution is 2.28. The summed E-state index contributed by atoms with van der Waals surface area (Å²) in [4.78, 5) is 27.2. The summed E-state index contributed by atoms with van der Waals surface area (Å²) in [5, 5.41) is 3.35. The molecule has 1 aromatic rings. The van der Waals surface area contributed by atoms with E-state index in [4.69, 9.17) is 0 Å². The van der Waals surface area contributed by atoms with E-state index in [0.29, 0.717) is 18.1 Å². The summed E-state index contributed by atoms with van der Waals surface area (Å²) in [6.45, 7) is 6.02. The molecule has 1 aromatic carbocycles. The maximum atomic E-state index is 12.7. The Morgan fingerprint density at radius 2 is 2.07 bits per heavy atom. The predicted molar refractivity (Wildman–Crippen MR) is 110 cm³/mol. The third-order valence-electron chi connectivity index (χ3n) is 5.60. The van der Waals surface area contributed by atoms with Gasteiger partial charge in [0.2, 0.25) is 0 Å². The minimum absolute atomic E-state index is 0.00275. The van der Waals surface area contributed by atoms with Gasteiger partial charge in [-0.25, -0.2) is 0 Å². The normalized spacial score (nSPS) is 20.9. The number of carbonyl (C=O) groups is 2. The summed E-state index contributed by atoms with van der Waals surface area (Å²) in [7, 11) is 0. The Morgan fingerprint density at radius 3 is 2.81 bits per heavy atom. The lowest BCUT2D eigenvalue weighted by Crippen LogP contribution is -2.41. The minimum Gasteiger partial charge on any atom is -0.308 e. The van der Waals surface area contributed by atoms with E-state index in [1.807, 2.05) is 29.2 Å². The molecule has 4 nitrogen and oxygen atoms in total. The van der Waals surface area contributed by atoms with Crippen LogP contribution in [0.4, 0.5) is 5.69 Å². The average molecular weight is 369 g/mol. The van der Waals surface area contributed by atoms with Crippen LogP contribution in [0.5, 0.6) is 0 Å². The molecule has 27 heavy (non-hydrogen) atoms. The molecule has 4 heteroatoms. The van der Waals surface area contributed by atoms with Gasteiger partial charge in [-0.2, -0.15) is 0 Å². The number of hydrogen-bond acceptors (Lipinski definition) is 3. The summed E-state index contributed by atoms with van der Waals surface area (Å²) in [6, 6.07) is 8.10. The fourth-order valence-electron chi connectivity index (χ4n) is 4.24. The first-order chi connectivity index (χ1) is 13.0. The van der Waals surface area contributed by atoms with Gasteiger partial charge >= 0.3 is 0 Å². The number of para-hydroxylation sites is 1. The third-order valence-corrected chi connectivity index (χ3v) is 5.60. The second-order valence-electron chi connectivity index (χ2n) is 8.29. The second-order valence-corrected chi connectivity index (χ2v) is 8.29. The monoisotopic (exact) mass is 368 g/mol. The van der Waals surface area contributed by atoms with Crippen molar-refractivity contribution in [2.45, 2.75) is 58.4 Å². The topological polar surface area (TPSA) is 49.4 Å². The predicted octanol–water partition coefficient (Wildman–Crippen LogP) is 3.90. The van der Waals surface area contributed by atoms with Crippen LogP contribution in [0.2, 0.25) is 0 Å². The summed E-state index contributed by atoms with van der Waals surface area (Å²) in [5.74, 6) is 0.943. The lowest BCUT2D eigenvalue weighted by atomic mass is 9.88. The Morgan fingerprint density at radius 1 is 1.26 bits per heavy atom.